The highest BCUT2D eigenvalue weighted by molar-refractivity contribution is 7.47. The van der Waals surface area contributed by atoms with Gasteiger partial charge in [-0.1, -0.05) is 240 Å². The molecule has 78 heavy (non-hydrogen) atoms. The van der Waals surface area contributed by atoms with Crippen molar-refractivity contribution >= 4 is 39.5 Å². The van der Waals surface area contributed by atoms with Gasteiger partial charge in [0.1, 0.15) is 19.3 Å². The number of rotatable bonds is 59. The smallest absolute Gasteiger partial charge is 0.462 e. The predicted octanol–water partition coefficient (Wildman–Crippen LogP) is 15.8. The van der Waals surface area contributed by atoms with Crippen LogP contribution < -0.4 is 0 Å². The van der Waals surface area contributed by atoms with E-state index in [2.05, 4.69) is 34.6 Å². The second kappa shape index (κ2) is 53.1. The van der Waals surface area contributed by atoms with Crippen molar-refractivity contribution in [1.29, 1.82) is 0 Å². The number of phosphoric ester groups is 2. The predicted molar refractivity (Wildman–Crippen MR) is 308 cm³/mol. The van der Waals surface area contributed by atoms with Gasteiger partial charge in [-0.3, -0.25) is 37.3 Å². The molecule has 0 aliphatic rings. The first-order valence-corrected chi connectivity index (χ1v) is 34.2. The molecule has 0 rings (SSSR count). The fraction of sp³-hybridized carbons (Fsp3) is 0.932. The molecular weight excluding hydrogens is 1040 g/mol. The monoisotopic (exact) mass is 1160 g/mol. The first-order valence-electron chi connectivity index (χ1n) is 31.2. The van der Waals surface area contributed by atoms with Crippen molar-refractivity contribution in [3.8, 4) is 0 Å². The second-order valence-electron chi connectivity index (χ2n) is 21.6. The van der Waals surface area contributed by atoms with E-state index < -0.39 is 97.5 Å². The molecule has 0 fully saturated rings. The fourth-order valence-corrected chi connectivity index (χ4v) is 10.2. The van der Waals surface area contributed by atoms with Gasteiger partial charge in [-0.15, -0.1) is 0 Å². The van der Waals surface area contributed by atoms with Crippen LogP contribution in [0.3, 0.4) is 0 Å². The summed E-state index contributed by atoms with van der Waals surface area (Å²) in [5, 5.41) is 10.5. The van der Waals surface area contributed by atoms with Crippen molar-refractivity contribution in [2.75, 3.05) is 39.6 Å². The summed E-state index contributed by atoms with van der Waals surface area (Å²) in [4.78, 5) is 71.6. The van der Waals surface area contributed by atoms with Crippen LogP contribution in [0.15, 0.2) is 0 Å². The molecule has 0 aliphatic carbocycles. The van der Waals surface area contributed by atoms with E-state index in [0.29, 0.717) is 25.7 Å². The maximum absolute atomic E-state index is 12.9. The number of carbonyl (C=O) groups is 4. The third-order valence-corrected chi connectivity index (χ3v) is 15.8. The van der Waals surface area contributed by atoms with E-state index in [1.54, 1.807) is 0 Å². The Kier molecular flexibility index (Phi) is 51.8. The summed E-state index contributed by atoms with van der Waals surface area (Å²) in [6.07, 6.45) is 35.2. The second-order valence-corrected chi connectivity index (χ2v) is 24.5. The van der Waals surface area contributed by atoms with Gasteiger partial charge in [0.25, 0.3) is 0 Å². The molecular formula is C59H114O17P2. The summed E-state index contributed by atoms with van der Waals surface area (Å²) < 4.78 is 67.5. The summed E-state index contributed by atoms with van der Waals surface area (Å²) in [6, 6.07) is 0. The Morgan fingerprint density at radius 2 is 0.615 bits per heavy atom. The fourth-order valence-electron chi connectivity index (χ4n) is 8.67. The highest BCUT2D eigenvalue weighted by Gasteiger charge is 2.30. The van der Waals surface area contributed by atoms with Crippen LogP contribution in [0.1, 0.15) is 291 Å². The standard InChI is InChI=1S/C59H114O17P2/c1-6-10-13-16-18-19-20-21-22-23-24-30-35-40-45-59(64)76-55(49-70-57(62)43-38-33-29-26-25-28-32-36-41-52(5)9-4)51-74-78(67,68)72-47-53(60)46-71-77(65,66)73-50-54(48-69-56(61)42-37-31-15-12-8-3)75-58(63)44-39-34-27-17-14-11-7-2/h52-55,60H,6-51H2,1-5H3,(H,65,66)(H,67,68)/t52?,53-,54+,55+/m0/s1. The number of aliphatic hydroxyl groups excluding tert-OH is 1. The van der Waals surface area contributed by atoms with Crippen LogP contribution >= 0.6 is 15.6 Å². The van der Waals surface area contributed by atoms with Crippen molar-refractivity contribution in [3.63, 3.8) is 0 Å². The van der Waals surface area contributed by atoms with Crippen LogP contribution in [0.4, 0.5) is 0 Å². The van der Waals surface area contributed by atoms with Crippen molar-refractivity contribution in [2.24, 2.45) is 5.92 Å². The van der Waals surface area contributed by atoms with Crippen molar-refractivity contribution < 1.29 is 80.2 Å². The maximum atomic E-state index is 12.9. The lowest BCUT2D eigenvalue weighted by molar-refractivity contribution is -0.161. The Hall–Kier alpha value is -1.94. The average Bonchev–Trinajstić information content (AvgIpc) is 3.41. The summed E-state index contributed by atoms with van der Waals surface area (Å²) in [7, 11) is -9.86. The molecule has 0 saturated carbocycles. The molecule has 0 amide bonds. The summed E-state index contributed by atoms with van der Waals surface area (Å²) in [5.41, 5.74) is 0. The lowest BCUT2D eigenvalue weighted by Gasteiger charge is -2.21. The number of carbonyl (C=O) groups excluding carboxylic acids is 4. The number of ether oxygens (including phenoxy) is 4. The molecule has 19 heteroatoms. The Balaban J connectivity index is 5.17. The van der Waals surface area contributed by atoms with Gasteiger partial charge in [0.05, 0.1) is 26.4 Å². The zero-order chi connectivity index (χ0) is 57.8. The van der Waals surface area contributed by atoms with Gasteiger partial charge >= 0.3 is 39.5 Å². The first kappa shape index (κ1) is 76.1. The summed E-state index contributed by atoms with van der Waals surface area (Å²) in [5.74, 6) is -1.38. The largest absolute Gasteiger partial charge is 0.472 e. The third-order valence-electron chi connectivity index (χ3n) is 13.9. The van der Waals surface area contributed by atoms with Gasteiger partial charge < -0.3 is 33.8 Å². The van der Waals surface area contributed by atoms with Gasteiger partial charge in [-0.2, -0.15) is 0 Å². The molecule has 0 aromatic rings. The molecule has 3 N–H and O–H groups in total. The molecule has 0 aromatic heterocycles. The molecule has 0 heterocycles. The van der Waals surface area contributed by atoms with Crippen LogP contribution in [-0.4, -0.2) is 96.7 Å². The highest BCUT2D eigenvalue weighted by Crippen LogP contribution is 2.45. The maximum Gasteiger partial charge on any atom is 0.472 e. The molecule has 0 aliphatic heterocycles. The Morgan fingerprint density at radius 1 is 0.359 bits per heavy atom. The van der Waals surface area contributed by atoms with Crippen molar-refractivity contribution in [3.05, 3.63) is 0 Å². The van der Waals surface area contributed by atoms with Gasteiger partial charge in [-0.05, 0) is 31.6 Å². The van der Waals surface area contributed by atoms with E-state index in [1.807, 2.05) is 0 Å². The van der Waals surface area contributed by atoms with E-state index in [9.17, 15) is 43.2 Å². The number of hydrogen-bond acceptors (Lipinski definition) is 15. The Bertz CT molecular complexity index is 1540. The molecule has 0 aromatic carbocycles. The molecule has 0 bridgehead atoms. The van der Waals surface area contributed by atoms with E-state index >= 15 is 0 Å². The minimum atomic E-state index is -4.94. The van der Waals surface area contributed by atoms with Crippen LogP contribution in [0.5, 0.6) is 0 Å². The molecule has 6 atom stereocenters. The van der Waals surface area contributed by atoms with Crippen LogP contribution in [0.25, 0.3) is 0 Å². The van der Waals surface area contributed by atoms with E-state index in [0.717, 1.165) is 115 Å². The highest BCUT2D eigenvalue weighted by atomic mass is 31.2. The first-order chi connectivity index (χ1) is 37.6. The Labute approximate surface area is 473 Å². The van der Waals surface area contributed by atoms with E-state index in [1.165, 1.54) is 96.3 Å². The topological polar surface area (TPSA) is 237 Å². The number of esters is 4. The molecule has 0 spiro atoms. The van der Waals surface area contributed by atoms with Gasteiger partial charge in [0, 0.05) is 25.7 Å². The number of unbranched alkanes of at least 4 members (excludes halogenated alkanes) is 30. The number of aliphatic hydroxyl groups is 1. The molecule has 0 radical (unpaired) electrons. The van der Waals surface area contributed by atoms with Crippen molar-refractivity contribution in [2.45, 2.75) is 310 Å². The number of phosphoric acid groups is 2. The average molecular weight is 1160 g/mol. The Morgan fingerprint density at radius 3 is 0.910 bits per heavy atom. The quantitative estimate of drug-likeness (QED) is 0.0222. The molecule has 3 unspecified atom stereocenters. The number of hydrogen-bond donors (Lipinski definition) is 3. The minimum absolute atomic E-state index is 0.103. The van der Waals surface area contributed by atoms with Gasteiger partial charge in [-0.25, -0.2) is 9.13 Å². The van der Waals surface area contributed by atoms with Crippen molar-refractivity contribution in [1.82, 2.24) is 0 Å². The normalized spacial score (nSPS) is 14.7. The van der Waals surface area contributed by atoms with Gasteiger partial charge in [0.2, 0.25) is 0 Å². The molecule has 0 saturated heterocycles. The lowest BCUT2D eigenvalue weighted by Crippen LogP contribution is -2.30. The van der Waals surface area contributed by atoms with E-state index in [-0.39, 0.29) is 25.7 Å². The summed E-state index contributed by atoms with van der Waals surface area (Å²) in [6.45, 7) is 7.03. The van der Waals surface area contributed by atoms with E-state index in [4.69, 9.17) is 37.0 Å². The summed E-state index contributed by atoms with van der Waals surface area (Å²) >= 11 is 0. The van der Waals surface area contributed by atoms with Gasteiger partial charge in [0.15, 0.2) is 12.2 Å². The van der Waals surface area contributed by atoms with Crippen LogP contribution in [0.2, 0.25) is 0 Å². The lowest BCUT2D eigenvalue weighted by atomic mass is 9.99. The zero-order valence-corrected chi connectivity index (χ0v) is 51.6. The SMILES string of the molecule is CCCCCCCCCCCCCCCCC(=O)O[C@H](COC(=O)CCCCCCCCCCC(C)CC)COP(=O)(O)OC[C@@H](O)COP(=O)(O)OC[C@@H](COC(=O)CCCCCCC)OC(=O)CCCCCCCCC. The minimum Gasteiger partial charge on any atom is -0.462 e. The molecule has 17 nitrogen and oxygen atoms in total. The van der Waals surface area contributed by atoms with Crippen LogP contribution in [-0.2, 0) is 65.4 Å². The van der Waals surface area contributed by atoms with Crippen LogP contribution in [0, 0.1) is 5.92 Å². The third kappa shape index (κ3) is 52.2. The zero-order valence-electron chi connectivity index (χ0n) is 49.8. The molecule has 462 valence electrons.